The van der Waals surface area contributed by atoms with E-state index in [4.69, 9.17) is 5.73 Å². The molecule has 2 atom stereocenters. The van der Waals surface area contributed by atoms with Crippen LogP contribution in [-0.2, 0) is 6.42 Å². The second-order valence-corrected chi connectivity index (χ2v) is 5.47. The lowest BCUT2D eigenvalue weighted by atomic mass is 9.86. The Morgan fingerprint density at radius 2 is 1.65 bits per heavy atom. The molecule has 0 aromatic heterocycles. The van der Waals surface area contributed by atoms with Gasteiger partial charge in [-0.3, -0.25) is 0 Å². The highest BCUT2D eigenvalue weighted by Crippen LogP contribution is 2.25. The molecule has 0 aliphatic heterocycles. The van der Waals surface area contributed by atoms with Crippen LogP contribution in [0.1, 0.15) is 57.7 Å². The van der Waals surface area contributed by atoms with Crippen molar-refractivity contribution >= 4 is 0 Å². The van der Waals surface area contributed by atoms with Crippen LogP contribution in [0.15, 0.2) is 24.3 Å². The number of hydrogen-bond acceptors (Lipinski definition) is 1. The molecule has 2 N–H and O–H groups in total. The molecule has 1 rings (SSSR count). The normalized spacial score (nSPS) is 14.9. The Labute approximate surface area is 106 Å². The van der Waals surface area contributed by atoms with Gasteiger partial charge in [-0.1, -0.05) is 58.4 Å². The van der Waals surface area contributed by atoms with Crippen LogP contribution >= 0.6 is 0 Å². The van der Waals surface area contributed by atoms with Crippen molar-refractivity contribution in [2.24, 2.45) is 17.6 Å². The van der Waals surface area contributed by atoms with Gasteiger partial charge < -0.3 is 5.73 Å². The first-order valence-electron chi connectivity index (χ1n) is 6.90. The van der Waals surface area contributed by atoms with Gasteiger partial charge in [-0.2, -0.15) is 0 Å². The zero-order valence-corrected chi connectivity index (χ0v) is 11.7. The smallest absolute Gasteiger partial charge is 0.0323 e. The maximum Gasteiger partial charge on any atom is 0.0323 e. The molecule has 1 nitrogen and oxygen atoms in total. The molecule has 0 saturated heterocycles. The van der Waals surface area contributed by atoms with Crippen molar-refractivity contribution in [2.45, 2.75) is 53.0 Å². The zero-order valence-electron chi connectivity index (χ0n) is 11.7. The summed E-state index contributed by atoms with van der Waals surface area (Å²) in [5.41, 5.74) is 8.99. The first-order chi connectivity index (χ1) is 8.06. The number of rotatable bonds is 6. The summed E-state index contributed by atoms with van der Waals surface area (Å²) in [7, 11) is 0. The van der Waals surface area contributed by atoms with Crippen molar-refractivity contribution in [3.63, 3.8) is 0 Å². The van der Waals surface area contributed by atoms with Gasteiger partial charge in [-0.15, -0.1) is 0 Å². The fourth-order valence-corrected chi connectivity index (χ4v) is 2.01. The second kappa shape index (κ2) is 6.80. The first-order valence-corrected chi connectivity index (χ1v) is 6.90. The molecule has 0 bridgehead atoms. The third kappa shape index (κ3) is 4.16. The number of unbranched alkanes of at least 4 members (excludes halogenated alkanes) is 1. The molecule has 0 amide bonds. The molecule has 1 aromatic rings. The van der Waals surface area contributed by atoms with Crippen LogP contribution in [0.4, 0.5) is 0 Å². The Morgan fingerprint density at radius 1 is 1.06 bits per heavy atom. The van der Waals surface area contributed by atoms with E-state index in [1.54, 1.807) is 0 Å². The van der Waals surface area contributed by atoms with Crippen LogP contribution in [0.3, 0.4) is 0 Å². The lowest BCUT2D eigenvalue weighted by Crippen LogP contribution is -2.23. The average Bonchev–Trinajstić information content (AvgIpc) is 2.35. The lowest BCUT2D eigenvalue weighted by Gasteiger charge is -2.23. The van der Waals surface area contributed by atoms with Gasteiger partial charge in [0.25, 0.3) is 0 Å². The molecule has 0 fully saturated rings. The van der Waals surface area contributed by atoms with Crippen molar-refractivity contribution in [3.05, 3.63) is 35.4 Å². The number of hydrogen-bond donors (Lipinski definition) is 1. The maximum absolute atomic E-state index is 6.29. The van der Waals surface area contributed by atoms with Crippen LogP contribution in [-0.4, -0.2) is 0 Å². The molecular weight excluding hydrogens is 206 g/mol. The molecule has 0 aliphatic carbocycles. The molecule has 1 heteroatoms. The fraction of sp³-hybridized carbons (Fsp3) is 0.625. The number of nitrogens with two attached hydrogens (primary N) is 1. The predicted octanol–water partition coefficient (Wildman–Crippen LogP) is 4.32. The minimum absolute atomic E-state index is 0.162. The minimum Gasteiger partial charge on any atom is -0.324 e. The fourth-order valence-electron chi connectivity index (χ4n) is 2.01. The van der Waals surface area contributed by atoms with Gasteiger partial charge in [-0.25, -0.2) is 0 Å². The summed E-state index contributed by atoms with van der Waals surface area (Å²) >= 11 is 0. The SMILES string of the molecule is CCCCc1ccc(C(N)C(C)C(C)C)cc1. The van der Waals surface area contributed by atoms with Crippen LogP contribution < -0.4 is 5.73 Å². The molecule has 0 radical (unpaired) electrons. The van der Waals surface area contributed by atoms with E-state index in [1.807, 2.05) is 0 Å². The van der Waals surface area contributed by atoms with Gasteiger partial charge in [0.05, 0.1) is 0 Å². The summed E-state index contributed by atoms with van der Waals surface area (Å²) in [6.07, 6.45) is 3.71. The Balaban J connectivity index is 2.66. The monoisotopic (exact) mass is 233 g/mol. The number of aryl methyl sites for hydroxylation is 1. The van der Waals surface area contributed by atoms with Crippen molar-refractivity contribution in [1.82, 2.24) is 0 Å². The second-order valence-electron chi connectivity index (χ2n) is 5.47. The molecule has 2 unspecified atom stereocenters. The Bertz CT molecular complexity index is 313. The van der Waals surface area contributed by atoms with Crippen LogP contribution in [0.25, 0.3) is 0 Å². The topological polar surface area (TPSA) is 26.0 Å². The highest BCUT2D eigenvalue weighted by atomic mass is 14.6. The standard InChI is InChI=1S/C16H27N/c1-5-6-7-14-8-10-15(11-9-14)16(17)13(4)12(2)3/h8-13,16H,5-7,17H2,1-4H3. The molecule has 17 heavy (non-hydrogen) atoms. The predicted molar refractivity (Wildman–Crippen MR) is 76.0 cm³/mol. The molecule has 1 aromatic carbocycles. The van der Waals surface area contributed by atoms with E-state index in [9.17, 15) is 0 Å². The molecular formula is C16H27N. The van der Waals surface area contributed by atoms with Gasteiger partial charge in [0, 0.05) is 6.04 Å². The summed E-state index contributed by atoms with van der Waals surface area (Å²) in [5.74, 6) is 1.15. The lowest BCUT2D eigenvalue weighted by molar-refractivity contribution is 0.352. The zero-order chi connectivity index (χ0) is 12.8. The Morgan fingerprint density at radius 3 is 2.12 bits per heavy atom. The summed E-state index contributed by atoms with van der Waals surface area (Å²) in [4.78, 5) is 0. The van der Waals surface area contributed by atoms with Gasteiger partial charge >= 0.3 is 0 Å². The van der Waals surface area contributed by atoms with Gasteiger partial charge in [-0.05, 0) is 35.8 Å². The average molecular weight is 233 g/mol. The van der Waals surface area contributed by atoms with Gasteiger partial charge in [0.1, 0.15) is 0 Å². The van der Waals surface area contributed by atoms with Crippen molar-refractivity contribution in [2.75, 3.05) is 0 Å². The number of benzene rings is 1. The molecule has 0 heterocycles. The Kier molecular flexibility index (Phi) is 5.70. The summed E-state index contributed by atoms with van der Waals surface area (Å²) < 4.78 is 0. The summed E-state index contributed by atoms with van der Waals surface area (Å²) in [6, 6.07) is 9.04. The van der Waals surface area contributed by atoms with E-state index in [-0.39, 0.29) is 6.04 Å². The van der Waals surface area contributed by atoms with Crippen LogP contribution in [0.5, 0.6) is 0 Å². The quantitative estimate of drug-likeness (QED) is 0.778. The van der Waals surface area contributed by atoms with Crippen LogP contribution in [0, 0.1) is 11.8 Å². The van der Waals surface area contributed by atoms with Gasteiger partial charge in [0.2, 0.25) is 0 Å². The highest BCUT2D eigenvalue weighted by Gasteiger charge is 2.17. The largest absolute Gasteiger partial charge is 0.324 e. The minimum atomic E-state index is 0.162. The van der Waals surface area contributed by atoms with E-state index in [0.29, 0.717) is 11.8 Å². The van der Waals surface area contributed by atoms with E-state index >= 15 is 0 Å². The van der Waals surface area contributed by atoms with Gasteiger partial charge in [0.15, 0.2) is 0 Å². The van der Waals surface area contributed by atoms with E-state index in [1.165, 1.54) is 30.4 Å². The van der Waals surface area contributed by atoms with Crippen molar-refractivity contribution in [3.8, 4) is 0 Å². The molecule has 0 saturated carbocycles. The first kappa shape index (κ1) is 14.2. The molecule has 0 aliphatic rings. The summed E-state index contributed by atoms with van der Waals surface area (Å²) in [5, 5.41) is 0. The van der Waals surface area contributed by atoms with E-state index in [2.05, 4.69) is 52.0 Å². The van der Waals surface area contributed by atoms with E-state index < -0.39 is 0 Å². The van der Waals surface area contributed by atoms with Crippen molar-refractivity contribution < 1.29 is 0 Å². The molecule has 96 valence electrons. The third-order valence-electron chi connectivity index (χ3n) is 3.80. The highest BCUT2D eigenvalue weighted by molar-refractivity contribution is 5.25. The van der Waals surface area contributed by atoms with E-state index in [0.717, 1.165) is 0 Å². The maximum atomic E-state index is 6.29. The summed E-state index contributed by atoms with van der Waals surface area (Å²) in [6.45, 7) is 8.94. The molecule has 0 spiro atoms. The Hall–Kier alpha value is -0.820. The van der Waals surface area contributed by atoms with Crippen LogP contribution in [0.2, 0.25) is 0 Å². The third-order valence-corrected chi connectivity index (χ3v) is 3.80. The van der Waals surface area contributed by atoms with Crippen molar-refractivity contribution in [1.29, 1.82) is 0 Å².